The summed E-state index contributed by atoms with van der Waals surface area (Å²) in [5.74, 6) is 0.844. The lowest BCUT2D eigenvalue weighted by atomic mass is 9.94. The third-order valence-corrected chi connectivity index (χ3v) is 6.09. The first-order valence-electron chi connectivity index (χ1n) is 10.2. The average Bonchev–Trinajstić information content (AvgIpc) is 2.84. The van der Waals surface area contributed by atoms with E-state index in [1.165, 1.54) is 24.0 Å². The molecule has 4 heterocycles. The summed E-state index contributed by atoms with van der Waals surface area (Å²) >= 11 is 0. The van der Waals surface area contributed by atoms with Gasteiger partial charge in [0.25, 0.3) is 0 Å². The molecule has 28 heavy (non-hydrogen) atoms. The van der Waals surface area contributed by atoms with Crippen LogP contribution in [-0.2, 0) is 18.4 Å². The number of nitrogens with zero attached hydrogens (tertiary/aromatic N) is 5. The molecule has 2 bridgehead atoms. The van der Waals surface area contributed by atoms with Gasteiger partial charge in [0, 0.05) is 70.7 Å². The smallest absolute Gasteiger partial charge is 0.236 e. The van der Waals surface area contributed by atoms with E-state index < -0.39 is 0 Å². The number of piperidine rings is 1. The van der Waals surface area contributed by atoms with Gasteiger partial charge in [-0.05, 0) is 18.8 Å². The van der Waals surface area contributed by atoms with Crippen LogP contribution in [0.4, 0.5) is 0 Å². The number of carbonyl (C=O) groups is 1. The standard InChI is InChI=1S/C22H31N5O/c1-24(2)21(28)16-26-11-17-9-10-20(15-26)27(12-17)14-19-13-25(3)23-22(19)18-7-5-4-6-8-18/h4-8,13,17,20H,9-12,14-16H2,1-3H3/t17-,20+/m0/s1. The molecule has 5 rings (SSSR count). The summed E-state index contributed by atoms with van der Waals surface area (Å²) in [6.07, 6.45) is 4.65. The summed E-state index contributed by atoms with van der Waals surface area (Å²) in [5.41, 5.74) is 3.55. The van der Waals surface area contributed by atoms with Crippen LogP contribution in [0, 0.1) is 5.92 Å². The lowest BCUT2D eigenvalue weighted by Crippen LogP contribution is -2.44. The molecule has 0 N–H and O–H groups in total. The van der Waals surface area contributed by atoms with Crippen molar-refractivity contribution in [3.8, 4) is 11.3 Å². The van der Waals surface area contributed by atoms with Gasteiger partial charge >= 0.3 is 0 Å². The van der Waals surface area contributed by atoms with Crippen molar-refractivity contribution in [2.75, 3.05) is 40.3 Å². The molecule has 0 saturated carbocycles. The third kappa shape index (κ3) is 4.13. The molecule has 3 aliphatic heterocycles. The number of hydrogen-bond donors (Lipinski definition) is 0. The van der Waals surface area contributed by atoms with Crippen LogP contribution in [0.3, 0.4) is 0 Å². The lowest BCUT2D eigenvalue weighted by molar-refractivity contribution is -0.130. The first kappa shape index (κ1) is 19.2. The zero-order chi connectivity index (χ0) is 19.7. The zero-order valence-electron chi connectivity index (χ0n) is 17.2. The Kier molecular flexibility index (Phi) is 5.51. The van der Waals surface area contributed by atoms with Gasteiger partial charge in [0.2, 0.25) is 5.91 Å². The van der Waals surface area contributed by atoms with Gasteiger partial charge in [-0.1, -0.05) is 30.3 Å². The Hall–Kier alpha value is -2.18. The predicted octanol–water partition coefficient (Wildman–Crippen LogP) is 2.07. The van der Waals surface area contributed by atoms with Crippen molar-refractivity contribution in [1.29, 1.82) is 0 Å². The molecule has 3 fully saturated rings. The van der Waals surface area contributed by atoms with Gasteiger partial charge in [0.1, 0.15) is 0 Å². The van der Waals surface area contributed by atoms with Crippen molar-refractivity contribution in [3.63, 3.8) is 0 Å². The van der Waals surface area contributed by atoms with E-state index in [4.69, 9.17) is 5.10 Å². The largest absolute Gasteiger partial charge is 0.348 e. The first-order valence-corrected chi connectivity index (χ1v) is 10.2. The Morgan fingerprint density at radius 1 is 1.14 bits per heavy atom. The second-order valence-electron chi connectivity index (χ2n) is 8.55. The second kappa shape index (κ2) is 8.05. The quantitative estimate of drug-likeness (QED) is 0.795. The van der Waals surface area contributed by atoms with Crippen LogP contribution in [0.15, 0.2) is 36.5 Å². The van der Waals surface area contributed by atoms with E-state index in [1.54, 1.807) is 4.90 Å². The summed E-state index contributed by atoms with van der Waals surface area (Å²) in [6.45, 7) is 4.59. The van der Waals surface area contributed by atoms with E-state index >= 15 is 0 Å². The lowest BCUT2D eigenvalue weighted by Gasteiger charge is -2.36. The Labute approximate surface area is 167 Å². The Balaban J connectivity index is 1.50. The summed E-state index contributed by atoms with van der Waals surface area (Å²) in [5, 5.41) is 4.74. The van der Waals surface area contributed by atoms with Crippen LogP contribution in [0.5, 0.6) is 0 Å². The molecule has 1 aromatic carbocycles. The summed E-state index contributed by atoms with van der Waals surface area (Å²) < 4.78 is 1.93. The molecule has 150 valence electrons. The molecule has 0 radical (unpaired) electrons. The fourth-order valence-corrected chi connectivity index (χ4v) is 4.64. The first-order chi connectivity index (χ1) is 13.5. The van der Waals surface area contributed by atoms with Gasteiger partial charge in [-0.15, -0.1) is 0 Å². The minimum atomic E-state index is 0.200. The van der Waals surface area contributed by atoms with Gasteiger partial charge in [-0.3, -0.25) is 19.3 Å². The fraction of sp³-hybridized carbons (Fsp3) is 0.545. The summed E-state index contributed by atoms with van der Waals surface area (Å²) in [6, 6.07) is 11.0. The van der Waals surface area contributed by atoms with Crippen LogP contribution < -0.4 is 0 Å². The molecule has 1 amide bonds. The highest BCUT2D eigenvalue weighted by Gasteiger charge is 2.35. The zero-order valence-corrected chi connectivity index (χ0v) is 17.2. The van der Waals surface area contributed by atoms with Crippen LogP contribution in [0.1, 0.15) is 18.4 Å². The second-order valence-corrected chi connectivity index (χ2v) is 8.55. The van der Waals surface area contributed by atoms with Crippen LogP contribution in [0.25, 0.3) is 11.3 Å². The molecule has 1 aromatic heterocycles. The maximum atomic E-state index is 12.2. The molecule has 6 nitrogen and oxygen atoms in total. The van der Waals surface area contributed by atoms with Crippen molar-refractivity contribution in [3.05, 3.63) is 42.1 Å². The highest BCUT2D eigenvalue weighted by molar-refractivity contribution is 5.77. The number of fused-ring (bicyclic) bond motifs is 4. The summed E-state index contributed by atoms with van der Waals surface area (Å²) in [7, 11) is 5.68. The Morgan fingerprint density at radius 2 is 1.93 bits per heavy atom. The van der Waals surface area contributed by atoms with E-state index in [2.05, 4.69) is 40.3 Å². The Morgan fingerprint density at radius 3 is 2.68 bits per heavy atom. The SMILES string of the molecule is CN(C)C(=O)CN1C[C@@H]2CC[C@H](C1)N(Cc1cn(C)nc1-c1ccccc1)C2. The number of rotatable bonds is 5. The topological polar surface area (TPSA) is 44.6 Å². The maximum absolute atomic E-state index is 12.2. The van der Waals surface area contributed by atoms with Gasteiger partial charge in [-0.2, -0.15) is 5.10 Å². The van der Waals surface area contributed by atoms with Gasteiger partial charge in [0.05, 0.1) is 12.2 Å². The van der Waals surface area contributed by atoms with E-state index in [-0.39, 0.29) is 5.91 Å². The van der Waals surface area contributed by atoms with Crippen molar-refractivity contribution in [2.24, 2.45) is 13.0 Å². The number of aromatic nitrogens is 2. The van der Waals surface area contributed by atoms with Crippen molar-refractivity contribution in [2.45, 2.75) is 25.4 Å². The predicted molar refractivity (Wildman–Crippen MR) is 111 cm³/mol. The number of benzene rings is 1. The molecule has 0 aliphatic carbocycles. The number of carbonyl (C=O) groups excluding carboxylic acids is 1. The van der Waals surface area contributed by atoms with Gasteiger partial charge < -0.3 is 4.90 Å². The van der Waals surface area contributed by atoms with Crippen molar-refractivity contribution < 1.29 is 4.79 Å². The highest BCUT2D eigenvalue weighted by Crippen LogP contribution is 2.31. The average molecular weight is 382 g/mol. The molecule has 6 heteroatoms. The molecule has 0 spiro atoms. The molecule has 2 aromatic rings. The Bertz CT molecular complexity index is 816. The highest BCUT2D eigenvalue weighted by atomic mass is 16.2. The van der Waals surface area contributed by atoms with Crippen LogP contribution in [-0.4, -0.2) is 76.7 Å². The maximum Gasteiger partial charge on any atom is 0.236 e. The van der Waals surface area contributed by atoms with E-state index in [9.17, 15) is 4.79 Å². The molecular weight excluding hydrogens is 350 g/mol. The number of likely N-dealkylation sites (N-methyl/N-ethyl adjacent to an activating group) is 1. The van der Waals surface area contributed by atoms with Gasteiger partial charge in [0.15, 0.2) is 0 Å². The molecule has 0 unspecified atom stereocenters. The summed E-state index contributed by atoms with van der Waals surface area (Å²) in [4.78, 5) is 18.9. The minimum absolute atomic E-state index is 0.200. The monoisotopic (exact) mass is 381 g/mol. The van der Waals surface area contributed by atoms with Crippen LogP contribution >= 0.6 is 0 Å². The van der Waals surface area contributed by atoms with Crippen molar-refractivity contribution in [1.82, 2.24) is 24.5 Å². The van der Waals surface area contributed by atoms with E-state index in [1.807, 2.05) is 31.9 Å². The molecule has 3 saturated heterocycles. The van der Waals surface area contributed by atoms with Crippen molar-refractivity contribution >= 4 is 5.91 Å². The van der Waals surface area contributed by atoms with Gasteiger partial charge in [-0.25, -0.2) is 0 Å². The minimum Gasteiger partial charge on any atom is -0.348 e. The fourth-order valence-electron chi connectivity index (χ4n) is 4.64. The van der Waals surface area contributed by atoms with Crippen LogP contribution in [0.2, 0.25) is 0 Å². The molecular formula is C22H31N5O. The van der Waals surface area contributed by atoms with E-state index in [0.29, 0.717) is 18.5 Å². The third-order valence-electron chi connectivity index (χ3n) is 6.09. The molecule has 3 aliphatic rings. The molecule has 2 atom stereocenters. The number of hydrogen-bond acceptors (Lipinski definition) is 4. The number of aryl methyl sites for hydroxylation is 1. The number of amides is 1. The normalized spacial score (nSPS) is 23.0. The van der Waals surface area contributed by atoms with E-state index in [0.717, 1.165) is 31.9 Å².